The number of nitrogens with zero attached hydrogens (tertiary/aromatic N) is 2. The minimum atomic E-state index is -0.461. The predicted octanol–water partition coefficient (Wildman–Crippen LogP) is 1.98. The number of aromatic nitrogens is 2. The van der Waals surface area contributed by atoms with Crippen LogP contribution in [0.25, 0.3) is 0 Å². The molecule has 2 aromatic rings. The maximum Gasteiger partial charge on any atom is 0.258 e. The van der Waals surface area contributed by atoms with Gasteiger partial charge in [-0.1, -0.05) is 11.6 Å². The second-order valence-corrected chi connectivity index (χ2v) is 4.27. The van der Waals surface area contributed by atoms with Gasteiger partial charge in [0.05, 0.1) is 5.69 Å². The van der Waals surface area contributed by atoms with Crippen LogP contribution in [-0.2, 0) is 0 Å². The Balaban J connectivity index is 2.22. The van der Waals surface area contributed by atoms with Gasteiger partial charge in [0.1, 0.15) is 10.9 Å². The monoisotopic (exact) mass is 278 g/mol. The molecule has 0 aliphatic heterocycles. The lowest BCUT2D eigenvalue weighted by Gasteiger charge is -2.06. The molecule has 6 nitrogen and oxygen atoms in total. The van der Waals surface area contributed by atoms with Crippen LogP contribution in [0.4, 0.5) is 11.6 Å². The number of rotatable bonds is 2. The van der Waals surface area contributed by atoms with Crippen LogP contribution in [0.5, 0.6) is 5.75 Å². The highest BCUT2D eigenvalue weighted by atomic mass is 35.5. The standard InChI is InChI=1S/C12H11ClN4O2/c1-6-4-10(13)16-12(15-6)17-11(19)7-2-3-8(14)9(18)5-7/h2-5,18H,14H2,1H3,(H,15,16,17,19). The van der Waals surface area contributed by atoms with E-state index >= 15 is 0 Å². The molecular weight excluding hydrogens is 268 g/mol. The zero-order valence-corrected chi connectivity index (χ0v) is 10.8. The normalized spacial score (nSPS) is 10.2. The second kappa shape index (κ2) is 5.11. The molecule has 0 aliphatic carbocycles. The maximum absolute atomic E-state index is 11.9. The Bertz CT molecular complexity index is 625. The molecule has 0 atom stereocenters. The van der Waals surface area contributed by atoms with Crippen molar-refractivity contribution in [1.82, 2.24) is 9.97 Å². The van der Waals surface area contributed by atoms with Crippen LogP contribution < -0.4 is 11.1 Å². The van der Waals surface area contributed by atoms with E-state index in [1.165, 1.54) is 18.2 Å². The van der Waals surface area contributed by atoms with Crippen molar-refractivity contribution in [2.75, 3.05) is 11.1 Å². The number of aromatic hydroxyl groups is 1. The zero-order valence-electron chi connectivity index (χ0n) is 10.0. The van der Waals surface area contributed by atoms with Crippen LogP contribution in [0.2, 0.25) is 5.15 Å². The smallest absolute Gasteiger partial charge is 0.258 e. The molecule has 1 heterocycles. The van der Waals surface area contributed by atoms with Gasteiger partial charge in [0, 0.05) is 11.3 Å². The molecule has 98 valence electrons. The minimum absolute atomic E-state index is 0.103. The highest BCUT2D eigenvalue weighted by molar-refractivity contribution is 6.29. The lowest BCUT2D eigenvalue weighted by atomic mass is 10.2. The number of benzene rings is 1. The lowest BCUT2D eigenvalue weighted by Crippen LogP contribution is -2.14. The number of carbonyl (C=O) groups excluding carboxylic acids is 1. The topological polar surface area (TPSA) is 101 Å². The summed E-state index contributed by atoms with van der Waals surface area (Å²) in [5.74, 6) is -0.515. The number of carbonyl (C=O) groups is 1. The summed E-state index contributed by atoms with van der Waals surface area (Å²) in [6.07, 6.45) is 0. The number of halogens is 1. The first-order valence-corrected chi connectivity index (χ1v) is 5.74. The van der Waals surface area contributed by atoms with E-state index < -0.39 is 5.91 Å². The van der Waals surface area contributed by atoms with Crippen molar-refractivity contribution in [3.63, 3.8) is 0 Å². The van der Waals surface area contributed by atoms with Gasteiger partial charge in [0.2, 0.25) is 5.95 Å². The number of phenolic OH excluding ortho intramolecular Hbond substituents is 1. The third-order valence-corrected chi connectivity index (χ3v) is 2.53. The van der Waals surface area contributed by atoms with Crippen molar-refractivity contribution in [3.8, 4) is 5.75 Å². The SMILES string of the molecule is Cc1cc(Cl)nc(NC(=O)c2ccc(N)c(O)c2)n1. The van der Waals surface area contributed by atoms with Gasteiger partial charge in [-0.05, 0) is 31.2 Å². The highest BCUT2D eigenvalue weighted by Crippen LogP contribution is 2.21. The fourth-order valence-electron chi connectivity index (χ4n) is 1.44. The summed E-state index contributed by atoms with van der Waals surface area (Å²) in [6, 6.07) is 5.77. The zero-order chi connectivity index (χ0) is 14.0. The van der Waals surface area contributed by atoms with Gasteiger partial charge >= 0.3 is 0 Å². The summed E-state index contributed by atoms with van der Waals surface area (Å²) in [7, 11) is 0. The molecule has 1 amide bonds. The number of anilines is 2. The number of nitrogen functional groups attached to an aromatic ring is 1. The average Bonchev–Trinajstić information content (AvgIpc) is 2.31. The van der Waals surface area contributed by atoms with Gasteiger partial charge in [-0.2, -0.15) is 0 Å². The Hall–Kier alpha value is -2.34. The van der Waals surface area contributed by atoms with Crippen molar-refractivity contribution in [2.24, 2.45) is 0 Å². The Labute approximate surface area is 114 Å². The number of nitrogens with two attached hydrogens (primary N) is 1. The summed E-state index contributed by atoms with van der Waals surface area (Å²) in [5.41, 5.74) is 6.54. The summed E-state index contributed by atoms with van der Waals surface area (Å²) >= 11 is 5.77. The van der Waals surface area contributed by atoms with Crippen molar-refractivity contribution >= 4 is 29.1 Å². The van der Waals surface area contributed by atoms with E-state index in [0.29, 0.717) is 5.69 Å². The summed E-state index contributed by atoms with van der Waals surface area (Å²) in [4.78, 5) is 19.8. The molecule has 19 heavy (non-hydrogen) atoms. The molecular formula is C12H11ClN4O2. The van der Waals surface area contributed by atoms with Gasteiger partial charge in [-0.3, -0.25) is 10.1 Å². The van der Waals surface area contributed by atoms with E-state index in [-0.39, 0.29) is 28.1 Å². The molecule has 0 fully saturated rings. The molecule has 7 heteroatoms. The van der Waals surface area contributed by atoms with E-state index in [9.17, 15) is 9.90 Å². The number of nitrogens with one attached hydrogen (secondary N) is 1. The van der Waals surface area contributed by atoms with Crippen molar-refractivity contribution in [2.45, 2.75) is 6.92 Å². The van der Waals surface area contributed by atoms with Crippen molar-refractivity contribution in [3.05, 3.63) is 40.7 Å². The molecule has 0 saturated heterocycles. The maximum atomic E-state index is 11.9. The Morgan fingerprint density at radius 3 is 2.74 bits per heavy atom. The predicted molar refractivity (Wildman–Crippen MR) is 72.3 cm³/mol. The number of hydrogen-bond acceptors (Lipinski definition) is 5. The Kier molecular flexibility index (Phi) is 3.52. The summed E-state index contributed by atoms with van der Waals surface area (Å²) in [5, 5.41) is 12.2. The van der Waals surface area contributed by atoms with Crippen molar-refractivity contribution < 1.29 is 9.90 Å². The van der Waals surface area contributed by atoms with Gasteiger partial charge < -0.3 is 10.8 Å². The largest absolute Gasteiger partial charge is 0.506 e. The van der Waals surface area contributed by atoms with E-state index in [0.717, 1.165) is 0 Å². The molecule has 0 saturated carbocycles. The van der Waals surface area contributed by atoms with Gasteiger partial charge in [0.25, 0.3) is 5.91 Å². The summed E-state index contributed by atoms with van der Waals surface area (Å²) < 4.78 is 0. The van der Waals surface area contributed by atoms with E-state index in [1.807, 2.05) is 0 Å². The average molecular weight is 279 g/mol. The summed E-state index contributed by atoms with van der Waals surface area (Å²) in [6.45, 7) is 1.73. The van der Waals surface area contributed by atoms with E-state index in [2.05, 4.69) is 15.3 Å². The quantitative estimate of drug-likeness (QED) is 0.443. The van der Waals surface area contributed by atoms with Crippen LogP contribution >= 0.6 is 11.6 Å². The Morgan fingerprint density at radius 2 is 2.11 bits per heavy atom. The van der Waals surface area contributed by atoms with Crippen LogP contribution in [0.15, 0.2) is 24.3 Å². The van der Waals surface area contributed by atoms with Gasteiger partial charge in [0.15, 0.2) is 0 Å². The Morgan fingerprint density at radius 1 is 1.37 bits per heavy atom. The van der Waals surface area contributed by atoms with Gasteiger partial charge in [-0.25, -0.2) is 9.97 Å². The number of phenols is 1. The second-order valence-electron chi connectivity index (χ2n) is 3.88. The molecule has 0 aliphatic rings. The molecule has 1 aromatic heterocycles. The first-order valence-electron chi connectivity index (χ1n) is 5.37. The van der Waals surface area contributed by atoms with Crippen molar-refractivity contribution in [1.29, 1.82) is 0 Å². The lowest BCUT2D eigenvalue weighted by molar-refractivity contribution is 0.102. The third kappa shape index (κ3) is 3.11. The number of hydrogen-bond donors (Lipinski definition) is 3. The molecule has 0 radical (unpaired) electrons. The van der Waals surface area contributed by atoms with E-state index in [1.54, 1.807) is 13.0 Å². The first-order chi connectivity index (χ1) is 8.95. The molecule has 2 rings (SSSR count). The van der Waals surface area contributed by atoms with E-state index in [4.69, 9.17) is 17.3 Å². The minimum Gasteiger partial charge on any atom is -0.506 e. The number of aryl methyl sites for hydroxylation is 1. The van der Waals surface area contributed by atoms with Crippen LogP contribution in [-0.4, -0.2) is 21.0 Å². The van der Waals surface area contributed by atoms with Crippen LogP contribution in [0.1, 0.15) is 16.1 Å². The molecule has 0 spiro atoms. The molecule has 0 bridgehead atoms. The van der Waals surface area contributed by atoms with Gasteiger partial charge in [-0.15, -0.1) is 0 Å². The van der Waals surface area contributed by atoms with Crippen LogP contribution in [0, 0.1) is 6.92 Å². The highest BCUT2D eigenvalue weighted by Gasteiger charge is 2.10. The molecule has 0 unspecified atom stereocenters. The fraction of sp³-hybridized carbons (Fsp3) is 0.0833. The third-order valence-electron chi connectivity index (χ3n) is 2.34. The van der Waals surface area contributed by atoms with Crippen LogP contribution in [0.3, 0.4) is 0 Å². The fourth-order valence-corrected chi connectivity index (χ4v) is 1.68. The molecule has 4 N–H and O–H groups in total. The molecule has 1 aromatic carbocycles. The number of amides is 1. The first kappa shape index (κ1) is 13.1.